The molecule has 4 rings (SSSR count). The Morgan fingerprint density at radius 2 is 1.95 bits per heavy atom. The van der Waals surface area contributed by atoms with Crippen molar-refractivity contribution in [2.45, 2.75) is 13.1 Å². The van der Waals surface area contributed by atoms with E-state index in [1.54, 1.807) is 18.3 Å². The Bertz CT molecular complexity index is 1350. The summed E-state index contributed by atoms with van der Waals surface area (Å²) in [5, 5.41) is 2.70. The maximum absolute atomic E-state index is 13.1. The van der Waals surface area contributed by atoms with Gasteiger partial charge in [0.15, 0.2) is 0 Å². The lowest BCUT2D eigenvalue weighted by molar-refractivity contribution is -0.137. The molecule has 1 aliphatic heterocycles. The van der Waals surface area contributed by atoms with Gasteiger partial charge in [-0.25, -0.2) is 4.98 Å². The number of carbonyl (C=O) groups is 1. The Balaban J connectivity index is 1.58. The van der Waals surface area contributed by atoms with Crippen LogP contribution in [-0.4, -0.2) is 57.0 Å². The van der Waals surface area contributed by atoms with Gasteiger partial charge in [0.2, 0.25) is 5.88 Å². The summed E-state index contributed by atoms with van der Waals surface area (Å²) in [6.07, 6.45) is 2.35. The van der Waals surface area contributed by atoms with Gasteiger partial charge in [-0.3, -0.25) is 4.79 Å². The maximum Gasteiger partial charge on any atom is 0.416 e. The van der Waals surface area contributed by atoms with E-state index in [4.69, 9.17) is 20.6 Å². The monoisotopic (exact) mass is 539 g/mol. The first kappa shape index (κ1) is 28.0. The quantitative estimate of drug-likeness (QED) is 0.298. The number of alkyl halides is 3. The number of nitrogens with zero attached hydrogens (tertiary/aromatic N) is 2. The third kappa shape index (κ3) is 7.28. The van der Waals surface area contributed by atoms with E-state index in [1.165, 1.54) is 12.1 Å². The minimum absolute atomic E-state index is 0.0871. The van der Waals surface area contributed by atoms with Crippen LogP contribution >= 0.6 is 0 Å². The second kappa shape index (κ2) is 12.7. The predicted molar refractivity (Wildman–Crippen MR) is 142 cm³/mol. The summed E-state index contributed by atoms with van der Waals surface area (Å²) in [7, 11) is 0. The van der Waals surface area contributed by atoms with Gasteiger partial charge in [-0.15, -0.1) is 6.42 Å². The van der Waals surface area contributed by atoms with E-state index in [2.05, 4.69) is 21.1 Å². The zero-order chi connectivity index (χ0) is 27.8. The van der Waals surface area contributed by atoms with E-state index >= 15 is 0 Å². The van der Waals surface area contributed by atoms with Crippen molar-refractivity contribution < 1.29 is 32.2 Å². The average molecular weight is 540 g/mol. The molecule has 2 aromatic carbocycles. The van der Waals surface area contributed by atoms with Crippen LogP contribution in [0, 0.1) is 19.3 Å². The van der Waals surface area contributed by atoms with E-state index in [1.807, 2.05) is 19.1 Å². The van der Waals surface area contributed by atoms with Gasteiger partial charge in [0.1, 0.15) is 18.9 Å². The minimum Gasteiger partial charge on any atom is -0.474 e. The number of terminal acetylenes is 1. The number of morpholine rings is 1. The number of rotatable bonds is 9. The molecule has 1 saturated heterocycles. The van der Waals surface area contributed by atoms with Gasteiger partial charge in [-0.2, -0.15) is 13.2 Å². The van der Waals surface area contributed by atoms with Gasteiger partial charge in [0, 0.05) is 36.1 Å². The molecule has 7 nitrogen and oxygen atoms in total. The molecule has 1 fully saturated rings. The molecule has 2 heterocycles. The first-order chi connectivity index (χ1) is 18.8. The van der Waals surface area contributed by atoms with Crippen molar-refractivity contribution in [2.24, 2.45) is 0 Å². The number of hydrogen-bond acceptors (Lipinski definition) is 6. The van der Waals surface area contributed by atoms with Crippen LogP contribution in [0.2, 0.25) is 0 Å². The molecule has 0 unspecified atom stereocenters. The van der Waals surface area contributed by atoms with Gasteiger partial charge in [0.25, 0.3) is 5.91 Å². The molecule has 1 aromatic heterocycles. The van der Waals surface area contributed by atoms with E-state index < -0.39 is 17.6 Å². The van der Waals surface area contributed by atoms with Crippen molar-refractivity contribution in [1.29, 1.82) is 0 Å². The number of halogens is 3. The molecule has 204 valence electrons. The van der Waals surface area contributed by atoms with Gasteiger partial charge in [-0.1, -0.05) is 18.1 Å². The molecule has 0 bridgehead atoms. The topological polar surface area (TPSA) is 72.9 Å². The van der Waals surface area contributed by atoms with Crippen LogP contribution in [-0.2, 0) is 15.7 Å². The molecule has 39 heavy (non-hydrogen) atoms. The summed E-state index contributed by atoms with van der Waals surface area (Å²) in [6.45, 7) is 5.21. The highest BCUT2D eigenvalue weighted by atomic mass is 19.4. The number of nitrogens with one attached hydrogen (secondary N) is 1. The Hall–Kier alpha value is -4.07. The maximum atomic E-state index is 13.1. The molecule has 10 heteroatoms. The molecule has 1 amide bonds. The Morgan fingerprint density at radius 3 is 2.69 bits per heavy atom. The Labute approximate surface area is 224 Å². The summed E-state index contributed by atoms with van der Waals surface area (Å²) in [5.74, 6) is 2.22. The number of ether oxygens (including phenoxy) is 3. The second-order valence-corrected chi connectivity index (χ2v) is 8.82. The molecular weight excluding hydrogens is 511 g/mol. The number of anilines is 2. The highest BCUT2D eigenvalue weighted by molar-refractivity contribution is 6.04. The Kier molecular flexibility index (Phi) is 9.07. The van der Waals surface area contributed by atoms with Crippen LogP contribution in [0.5, 0.6) is 5.88 Å². The summed E-state index contributed by atoms with van der Waals surface area (Å²) in [4.78, 5) is 19.4. The van der Waals surface area contributed by atoms with E-state index in [0.717, 1.165) is 34.5 Å². The van der Waals surface area contributed by atoms with Crippen molar-refractivity contribution in [3.05, 3.63) is 71.4 Å². The lowest BCUT2D eigenvalue weighted by atomic mass is 10.0. The van der Waals surface area contributed by atoms with Crippen LogP contribution in [0.1, 0.15) is 21.5 Å². The summed E-state index contributed by atoms with van der Waals surface area (Å²) >= 11 is 0. The van der Waals surface area contributed by atoms with Crippen molar-refractivity contribution in [1.82, 2.24) is 4.98 Å². The van der Waals surface area contributed by atoms with Gasteiger partial charge >= 0.3 is 6.18 Å². The highest BCUT2D eigenvalue weighted by Crippen LogP contribution is 2.35. The summed E-state index contributed by atoms with van der Waals surface area (Å²) in [5.41, 5.74) is 2.80. The van der Waals surface area contributed by atoms with E-state index in [-0.39, 0.29) is 18.8 Å². The number of aromatic nitrogens is 1. The lowest BCUT2D eigenvalue weighted by Crippen LogP contribution is -2.36. The number of carbonyl (C=O) groups excluding carboxylic acids is 1. The number of hydrogen-bond donors (Lipinski definition) is 1. The number of benzene rings is 2. The van der Waals surface area contributed by atoms with Crippen molar-refractivity contribution >= 4 is 17.3 Å². The first-order valence-corrected chi connectivity index (χ1v) is 12.3. The fraction of sp³-hybridized carbons (Fsp3) is 0.310. The minimum atomic E-state index is -4.54. The van der Waals surface area contributed by atoms with Crippen molar-refractivity contribution in [2.75, 3.05) is 56.3 Å². The van der Waals surface area contributed by atoms with E-state index in [9.17, 15) is 18.0 Å². The fourth-order valence-corrected chi connectivity index (χ4v) is 4.11. The number of amides is 1. The molecule has 0 saturated carbocycles. The van der Waals surface area contributed by atoms with Crippen molar-refractivity contribution in [3.8, 4) is 29.4 Å². The zero-order valence-electron chi connectivity index (χ0n) is 21.4. The van der Waals surface area contributed by atoms with Crippen LogP contribution in [0.3, 0.4) is 0 Å². The van der Waals surface area contributed by atoms with Gasteiger partial charge in [0.05, 0.1) is 25.4 Å². The first-order valence-electron chi connectivity index (χ1n) is 12.3. The molecular formula is C29H28F3N3O4. The van der Waals surface area contributed by atoms with E-state index in [0.29, 0.717) is 44.5 Å². The molecule has 3 aromatic rings. The summed E-state index contributed by atoms with van der Waals surface area (Å²) < 4.78 is 55.9. The second-order valence-electron chi connectivity index (χ2n) is 8.82. The molecule has 1 aliphatic rings. The normalized spacial score (nSPS) is 13.6. The standard InChI is InChI=1S/C29H28F3N3O4/c1-3-11-37-14-15-39-28-26(35-9-12-38-13-10-35)17-22(19-33-28)25-18-24(8-7-20(25)2)34-27(36)21-5-4-6-23(16-21)29(30,31)32/h1,4-8,16-19H,9-15H2,2H3,(H,34,36). The summed E-state index contributed by atoms with van der Waals surface area (Å²) in [6, 6.07) is 11.6. The molecule has 1 N–H and O–H groups in total. The Morgan fingerprint density at radius 1 is 1.15 bits per heavy atom. The third-order valence-corrected chi connectivity index (χ3v) is 6.09. The van der Waals surface area contributed by atoms with Crippen molar-refractivity contribution in [3.63, 3.8) is 0 Å². The SMILES string of the molecule is C#CCOCCOc1ncc(-c2cc(NC(=O)c3cccc(C(F)(F)F)c3)ccc2C)cc1N1CCOCC1. The largest absolute Gasteiger partial charge is 0.474 e. The number of aryl methyl sites for hydroxylation is 1. The van der Waals surface area contributed by atoms with Crippen LogP contribution in [0.15, 0.2) is 54.7 Å². The average Bonchev–Trinajstić information content (AvgIpc) is 2.94. The number of pyridine rings is 1. The van der Waals surface area contributed by atoms with Crippen LogP contribution in [0.25, 0.3) is 11.1 Å². The predicted octanol–water partition coefficient (Wildman–Crippen LogP) is 5.19. The van der Waals surface area contributed by atoms with Crippen LogP contribution in [0.4, 0.5) is 24.5 Å². The molecule has 0 atom stereocenters. The fourth-order valence-electron chi connectivity index (χ4n) is 4.11. The third-order valence-electron chi connectivity index (χ3n) is 6.09. The lowest BCUT2D eigenvalue weighted by Gasteiger charge is -2.30. The van der Waals surface area contributed by atoms with Gasteiger partial charge < -0.3 is 24.4 Å². The van der Waals surface area contributed by atoms with Crippen LogP contribution < -0.4 is 15.0 Å². The molecule has 0 radical (unpaired) electrons. The van der Waals surface area contributed by atoms with Gasteiger partial charge in [-0.05, 0) is 54.4 Å². The zero-order valence-corrected chi connectivity index (χ0v) is 21.4. The highest BCUT2D eigenvalue weighted by Gasteiger charge is 2.31. The smallest absolute Gasteiger partial charge is 0.416 e. The molecule has 0 spiro atoms. The molecule has 0 aliphatic carbocycles.